The number of aliphatic carboxylic acids is 4. The lowest BCUT2D eigenvalue weighted by Gasteiger charge is -2.39. The number of ketones is 2. The van der Waals surface area contributed by atoms with Gasteiger partial charge in [-0.15, -0.1) is 11.3 Å². The number of phenolic OH excluding ortho intramolecular Hbond substituents is 1. The van der Waals surface area contributed by atoms with Crippen LogP contribution in [0.5, 0.6) is 5.75 Å². The summed E-state index contributed by atoms with van der Waals surface area (Å²) in [7, 11) is 3.95. The van der Waals surface area contributed by atoms with Gasteiger partial charge in [-0.05, 0) is 101 Å². The average molecular weight is 1620 g/mol. The molecule has 1 unspecified atom stereocenters. The summed E-state index contributed by atoms with van der Waals surface area (Å²) >= 11 is 1.03. The Kier molecular flexibility index (Phi) is 41.9. The van der Waals surface area contributed by atoms with E-state index in [4.69, 9.17) is 19.3 Å². The molecular formula is C72H107N13O23S3. The number of Topliss-reactive ketones (excluding diaryl/α,β-unsaturated/α-hetero) is 2. The first kappa shape index (κ1) is 93.7. The lowest BCUT2D eigenvalue weighted by atomic mass is 9.82. The van der Waals surface area contributed by atoms with Crippen molar-refractivity contribution in [3.8, 4) is 5.75 Å². The Hall–Kier alpha value is -9.63. The van der Waals surface area contributed by atoms with E-state index in [-0.39, 0.29) is 148 Å². The number of aromatic amines is 1. The highest BCUT2D eigenvalue weighted by Crippen LogP contribution is 2.34. The highest BCUT2D eigenvalue weighted by molar-refractivity contribution is 8.76. The number of carbonyl (C=O) groups excluding carboxylic acids is 11. The number of carbonyl (C=O) groups is 15. The standard InChI is InChI=1S/C72H107N13O23S3/c1-9-16-62(94)107-40-85(67(98)50(42(5)10-2)33-58(89)55-18-12-14-26-84(55)8)56(41(3)4)35-59(108-44(7)86)66-79-53(37-109-66)65(97)77-47(30-45-20-22-49(87)23-21-45)29-43(6)63(95)82-83-72(105)106-27-28-110-111-38-54(69(101)102)78-64(96)46(31-48-36-73-39-76-48)32-57(88)52(34-61(92)93)81-71(104)74-24-13-11-17-51(68(99)100)80-70(103)75-25-15-19-60(90)91/h20-23,36-37,39,41-43,46-47,50-52,54-56,59,87H,9-19,24-35,38,40H2,1-8H3,(H,73,76)(H,77,97)(H,78,96)(H,82,95)(H,83,105)(H,90,91)(H,92,93)(H,99,100)(H,101,102)(H2,74,81,104)(H2,75,80,103)/t42?,43-,46+,47+,50-,51-,52-,54-,55+,56+,59+/m0/s1. The van der Waals surface area contributed by atoms with E-state index in [9.17, 15) is 87.5 Å². The van der Waals surface area contributed by atoms with Gasteiger partial charge in [0.05, 0.1) is 30.7 Å². The zero-order chi connectivity index (χ0) is 82.3. The molecule has 1 aromatic carbocycles. The third-order valence-electron chi connectivity index (χ3n) is 18.3. The van der Waals surface area contributed by atoms with Gasteiger partial charge < -0.3 is 81.5 Å². The number of thiazole rings is 1. The third kappa shape index (κ3) is 35.1. The molecule has 616 valence electrons. The number of nitrogens with zero attached hydrogens (tertiary/aromatic N) is 4. The highest BCUT2D eigenvalue weighted by Gasteiger charge is 2.41. The maximum absolute atomic E-state index is 15.1. The number of unbranched alkanes of at least 4 members (excludes halogenated alkanes) is 1. The molecule has 3 aromatic rings. The maximum atomic E-state index is 15.1. The maximum Gasteiger partial charge on any atom is 0.426 e. The Morgan fingerprint density at radius 3 is 2.05 bits per heavy atom. The molecule has 0 radical (unpaired) electrons. The number of nitrogens with one attached hydrogen (secondary N) is 9. The summed E-state index contributed by atoms with van der Waals surface area (Å²) in [5, 5.41) is 64.5. The topological polar surface area (TPSA) is 529 Å². The Bertz CT molecular complexity index is 3570. The van der Waals surface area contributed by atoms with Gasteiger partial charge in [-0.25, -0.2) is 39.4 Å². The number of H-pyrrole nitrogens is 1. The van der Waals surface area contributed by atoms with E-state index < -0.39 is 151 Å². The summed E-state index contributed by atoms with van der Waals surface area (Å²) in [4.78, 5) is 210. The number of carboxylic acid groups (broad SMARTS) is 4. The lowest BCUT2D eigenvalue weighted by molar-refractivity contribution is -0.162. The second-order valence-electron chi connectivity index (χ2n) is 27.5. The molecule has 1 fully saturated rings. The van der Waals surface area contributed by atoms with E-state index in [1.807, 2.05) is 46.6 Å². The van der Waals surface area contributed by atoms with Gasteiger partial charge in [-0.1, -0.05) is 88.1 Å². The number of hydrogen-bond donors (Lipinski definition) is 14. The Morgan fingerprint density at radius 1 is 0.748 bits per heavy atom. The minimum Gasteiger partial charge on any atom is -0.508 e. The predicted molar refractivity (Wildman–Crippen MR) is 406 cm³/mol. The van der Waals surface area contributed by atoms with Gasteiger partial charge in [-0.2, -0.15) is 0 Å². The fraction of sp³-hybridized carbons (Fsp3) is 0.625. The molecule has 3 heterocycles. The van der Waals surface area contributed by atoms with Crippen molar-refractivity contribution < 1.29 is 112 Å². The molecule has 2 aromatic heterocycles. The molecule has 1 aliphatic rings. The van der Waals surface area contributed by atoms with Crippen LogP contribution in [0, 0.1) is 29.6 Å². The number of piperidine rings is 1. The Balaban J connectivity index is 1.34. The van der Waals surface area contributed by atoms with Gasteiger partial charge in [0.1, 0.15) is 35.1 Å². The molecule has 111 heavy (non-hydrogen) atoms. The smallest absolute Gasteiger partial charge is 0.426 e. The lowest BCUT2D eigenvalue weighted by Crippen LogP contribution is -2.50. The summed E-state index contributed by atoms with van der Waals surface area (Å²) in [6, 6.07) is -2.01. The van der Waals surface area contributed by atoms with Gasteiger partial charge >= 0.3 is 54.0 Å². The molecule has 0 saturated carbocycles. The minimum atomic E-state index is -1.67. The molecule has 1 saturated heterocycles. The van der Waals surface area contributed by atoms with E-state index in [1.54, 1.807) is 19.1 Å². The number of aromatic nitrogens is 3. The zero-order valence-corrected chi connectivity index (χ0v) is 66.2. The van der Waals surface area contributed by atoms with E-state index >= 15 is 4.79 Å². The van der Waals surface area contributed by atoms with Crippen LogP contribution in [-0.4, -0.2) is 227 Å². The van der Waals surface area contributed by atoms with Crippen LogP contribution in [0.2, 0.25) is 0 Å². The number of hydrogen-bond acceptors (Lipinski definition) is 25. The van der Waals surface area contributed by atoms with E-state index in [0.29, 0.717) is 30.5 Å². The van der Waals surface area contributed by atoms with Crippen molar-refractivity contribution in [2.45, 2.75) is 206 Å². The number of hydrazine groups is 1. The number of likely N-dealkylation sites (tertiary alicyclic amines) is 1. The molecule has 9 amide bonds. The first-order valence-corrected chi connectivity index (χ1v) is 40.2. The van der Waals surface area contributed by atoms with Crippen molar-refractivity contribution >= 4 is 122 Å². The van der Waals surface area contributed by atoms with Crippen molar-refractivity contribution in [2.75, 3.05) is 51.5 Å². The molecule has 36 nitrogen and oxygen atoms in total. The number of imidazole rings is 1. The van der Waals surface area contributed by atoms with Crippen LogP contribution in [0.3, 0.4) is 0 Å². The molecule has 0 spiro atoms. The van der Waals surface area contributed by atoms with Crippen molar-refractivity contribution in [1.29, 1.82) is 0 Å². The molecule has 39 heteroatoms. The quantitative estimate of drug-likeness (QED) is 0.00810. The van der Waals surface area contributed by atoms with Gasteiger partial charge in [0.25, 0.3) is 5.91 Å². The number of phenols is 1. The highest BCUT2D eigenvalue weighted by atomic mass is 33.1. The van der Waals surface area contributed by atoms with Crippen LogP contribution in [0.25, 0.3) is 0 Å². The van der Waals surface area contributed by atoms with E-state index in [0.717, 1.165) is 52.3 Å². The van der Waals surface area contributed by atoms with E-state index in [1.165, 1.54) is 41.9 Å². The van der Waals surface area contributed by atoms with Crippen molar-refractivity contribution in [3.05, 3.63) is 64.1 Å². The molecule has 0 aliphatic carbocycles. The summed E-state index contributed by atoms with van der Waals surface area (Å²) in [5.74, 6) is -13.9. The molecule has 11 atom stereocenters. The summed E-state index contributed by atoms with van der Waals surface area (Å²) < 4.78 is 16.8. The van der Waals surface area contributed by atoms with Gasteiger partial charge in [0.15, 0.2) is 24.4 Å². The fourth-order valence-corrected chi connectivity index (χ4v) is 14.8. The van der Waals surface area contributed by atoms with Crippen LogP contribution in [0.15, 0.2) is 42.2 Å². The van der Waals surface area contributed by atoms with Gasteiger partial charge in [0, 0.05) is 111 Å². The Morgan fingerprint density at radius 2 is 1.43 bits per heavy atom. The van der Waals surface area contributed by atoms with Crippen LogP contribution in [0.1, 0.15) is 184 Å². The largest absolute Gasteiger partial charge is 0.508 e. The number of esters is 2. The van der Waals surface area contributed by atoms with E-state index in [2.05, 4.69) is 57.7 Å². The molecule has 14 N–H and O–H groups in total. The monoisotopic (exact) mass is 1620 g/mol. The first-order chi connectivity index (χ1) is 52.7. The number of likely N-dealkylation sites (N-methyl/N-ethyl adjacent to an activating group) is 1. The molecule has 4 rings (SSSR count). The van der Waals surface area contributed by atoms with Crippen LogP contribution in [-0.2, 0) is 79.8 Å². The summed E-state index contributed by atoms with van der Waals surface area (Å²) in [5.41, 5.74) is 5.42. The van der Waals surface area contributed by atoms with Gasteiger partial charge in [-0.3, -0.25) is 58.3 Å². The first-order valence-electron chi connectivity index (χ1n) is 36.9. The number of rotatable bonds is 51. The summed E-state index contributed by atoms with van der Waals surface area (Å²) in [6.45, 7) is 12.2. The number of amides is 9. The predicted octanol–water partition coefficient (Wildman–Crippen LogP) is 5.65. The average Bonchev–Trinajstić information content (AvgIpc) is 1.80. The summed E-state index contributed by atoms with van der Waals surface area (Å²) in [6.07, 6.45) is 2.69. The number of urea groups is 2. The number of aromatic hydroxyl groups is 1. The zero-order valence-electron chi connectivity index (χ0n) is 63.7. The molecule has 1 aliphatic heterocycles. The number of carboxylic acids is 4. The second kappa shape index (κ2) is 49.6. The van der Waals surface area contributed by atoms with Crippen LogP contribution < -0.4 is 42.8 Å². The fourth-order valence-electron chi connectivity index (χ4n) is 12.0. The Labute approximate surface area is 655 Å². The van der Waals surface area contributed by atoms with Gasteiger partial charge in [0.2, 0.25) is 17.7 Å². The normalized spacial score (nSPS) is 15.5. The van der Waals surface area contributed by atoms with Crippen molar-refractivity contribution in [3.63, 3.8) is 0 Å². The van der Waals surface area contributed by atoms with Crippen molar-refractivity contribution in [1.82, 2.24) is 67.5 Å². The number of ether oxygens (including phenoxy) is 3. The molecular weight excluding hydrogens is 1510 g/mol. The van der Waals surface area contributed by atoms with Crippen LogP contribution >= 0.6 is 32.9 Å². The third-order valence-corrected chi connectivity index (χ3v) is 21.6. The minimum absolute atomic E-state index is 0.00992. The number of benzene rings is 1. The molecule has 0 bridgehead atoms. The SMILES string of the molecule is CCCC(=O)OCN(C(=O)[C@@H](CC(=O)[C@H]1CCCCN1C)C(C)CC)[C@H](C[C@@H](OC(C)=O)c1nc(C(=O)N[C@@H](Cc2ccc(O)cc2)C[C@H](C)C(=O)NNC(=O)OCCSSC[C@H](NC(=O)[C@@H](CC(=O)[C@H](CC(=O)O)NC(=O)NCCCC[C@H](NC(=O)NCCCC(=O)O)C(=O)O)Cc2cnc[nH]2)C(=O)O)cs1)C(C)C. The van der Waals surface area contributed by atoms with Crippen molar-refractivity contribution in [2.24, 2.45) is 29.6 Å². The van der Waals surface area contributed by atoms with Crippen LogP contribution in [0.4, 0.5) is 14.4 Å². The second-order valence-corrected chi connectivity index (χ2v) is 31.0.